The predicted octanol–water partition coefficient (Wildman–Crippen LogP) is 0.0507. The van der Waals surface area contributed by atoms with Gasteiger partial charge in [-0.15, -0.1) is 0 Å². The van der Waals surface area contributed by atoms with Crippen LogP contribution < -0.4 is 0 Å². The summed E-state index contributed by atoms with van der Waals surface area (Å²) in [6.07, 6.45) is 0.709. The van der Waals surface area contributed by atoms with Gasteiger partial charge in [-0.1, -0.05) is 0 Å². The molecule has 2 nitrogen and oxygen atoms in total. The van der Waals surface area contributed by atoms with E-state index in [4.69, 9.17) is 0 Å². The Labute approximate surface area is 56.5 Å². The van der Waals surface area contributed by atoms with Crippen LogP contribution in [0.1, 0.15) is 19.8 Å². The zero-order valence-electron chi connectivity index (χ0n) is 4.64. The van der Waals surface area contributed by atoms with Gasteiger partial charge in [-0.3, -0.25) is 0 Å². The Morgan fingerprint density at radius 3 is 2.00 bits per heavy atom. The van der Waals surface area contributed by atoms with Crippen molar-refractivity contribution in [3.63, 3.8) is 0 Å². The van der Waals surface area contributed by atoms with Crippen molar-refractivity contribution < 1.29 is 9.59 Å². The third-order valence-electron chi connectivity index (χ3n) is 0.681. The summed E-state index contributed by atoms with van der Waals surface area (Å²) < 4.78 is -0.0415. The second-order valence-electron chi connectivity index (χ2n) is 1.57. The standard InChI is InChI=1S/C5H7O2Se/c1-4(6)2-3-5(7)8/h2-3H2,1H3. The van der Waals surface area contributed by atoms with Crippen molar-refractivity contribution in [2.45, 2.75) is 19.8 Å². The van der Waals surface area contributed by atoms with Crippen molar-refractivity contribution in [1.29, 1.82) is 0 Å². The van der Waals surface area contributed by atoms with Gasteiger partial charge in [-0.2, -0.15) is 0 Å². The maximum absolute atomic E-state index is 10.2. The van der Waals surface area contributed by atoms with Crippen LogP contribution in [0.4, 0.5) is 0 Å². The van der Waals surface area contributed by atoms with Crippen molar-refractivity contribution in [1.82, 2.24) is 0 Å². The normalized spacial score (nSPS) is 8.62. The molecule has 0 N–H and O–H groups in total. The minimum atomic E-state index is -0.0415. The number of hydrogen-bond acceptors (Lipinski definition) is 2. The van der Waals surface area contributed by atoms with E-state index >= 15 is 0 Å². The van der Waals surface area contributed by atoms with Crippen molar-refractivity contribution in [2.75, 3.05) is 0 Å². The monoisotopic (exact) mass is 179 g/mol. The minimum absolute atomic E-state index is 0.0415. The number of carbonyl (C=O) groups excluding carboxylic acids is 2. The SMILES string of the molecule is CC(=O)CCC(=O)[Se]. The summed E-state index contributed by atoms with van der Waals surface area (Å²) in [7, 11) is 0. The molecular formula is C5H7O2Se. The summed E-state index contributed by atoms with van der Waals surface area (Å²) in [5.74, 6) is 0.0635. The molecule has 0 bridgehead atoms. The molecule has 0 heterocycles. The number of Topliss-reactive ketones (excluding diaryl/α,β-unsaturated/α-hetero) is 1. The van der Waals surface area contributed by atoms with Crippen molar-refractivity contribution >= 4 is 26.5 Å². The van der Waals surface area contributed by atoms with Gasteiger partial charge in [0.2, 0.25) is 0 Å². The van der Waals surface area contributed by atoms with Crippen LogP contribution in [-0.4, -0.2) is 26.5 Å². The fourth-order valence-corrected chi connectivity index (χ4v) is 0.492. The Morgan fingerprint density at radius 2 is 1.88 bits per heavy atom. The van der Waals surface area contributed by atoms with Crippen LogP contribution in [0.5, 0.6) is 0 Å². The van der Waals surface area contributed by atoms with Crippen molar-refractivity contribution in [2.24, 2.45) is 0 Å². The first-order valence-corrected chi connectivity index (χ1v) is 3.18. The van der Waals surface area contributed by atoms with E-state index in [0.717, 1.165) is 0 Å². The van der Waals surface area contributed by atoms with Crippen LogP contribution in [0.3, 0.4) is 0 Å². The third-order valence-corrected chi connectivity index (χ3v) is 1.11. The first-order chi connectivity index (χ1) is 3.63. The van der Waals surface area contributed by atoms with Crippen LogP contribution >= 0.6 is 0 Å². The molecule has 0 aromatic rings. The molecule has 0 atom stereocenters. The molecule has 0 unspecified atom stereocenters. The molecule has 8 heavy (non-hydrogen) atoms. The molecule has 0 aliphatic carbocycles. The zero-order valence-corrected chi connectivity index (χ0v) is 6.35. The van der Waals surface area contributed by atoms with E-state index < -0.39 is 0 Å². The quantitative estimate of drug-likeness (QED) is 0.572. The van der Waals surface area contributed by atoms with Gasteiger partial charge in [-0.25, -0.2) is 0 Å². The van der Waals surface area contributed by atoms with E-state index in [9.17, 15) is 9.59 Å². The molecule has 0 rings (SSSR count). The molecule has 0 aromatic carbocycles. The van der Waals surface area contributed by atoms with Gasteiger partial charge in [0.1, 0.15) is 0 Å². The van der Waals surface area contributed by atoms with E-state index in [-0.39, 0.29) is 10.5 Å². The summed E-state index contributed by atoms with van der Waals surface area (Å²) in [6, 6.07) is 0. The molecular weight excluding hydrogens is 171 g/mol. The topological polar surface area (TPSA) is 34.1 Å². The van der Waals surface area contributed by atoms with Crippen molar-refractivity contribution in [3.8, 4) is 0 Å². The molecule has 3 heteroatoms. The van der Waals surface area contributed by atoms with Crippen LogP contribution in [0.15, 0.2) is 0 Å². The molecule has 0 aliphatic heterocycles. The molecule has 0 saturated heterocycles. The molecule has 0 amide bonds. The van der Waals surface area contributed by atoms with E-state index in [1.165, 1.54) is 6.92 Å². The molecule has 0 aliphatic rings. The van der Waals surface area contributed by atoms with Crippen LogP contribution in [-0.2, 0) is 9.59 Å². The Bertz CT molecular complexity index is 95.0. The Morgan fingerprint density at radius 1 is 1.38 bits per heavy atom. The Hall–Kier alpha value is -0.141. The average Bonchev–Trinajstić information content (AvgIpc) is 1.61. The van der Waals surface area contributed by atoms with Gasteiger partial charge in [0.25, 0.3) is 0 Å². The number of hydrogen-bond donors (Lipinski definition) is 0. The summed E-state index contributed by atoms with van der Waals surface area (Å²) in [5.41, 5.74) is 0. The second-order valence-corrected chi connectivity index (χ2v) is 2.53. The third kappa shape index (κ3) is 5.86. The average molecular weight is 178 g/mol. The summed E-state index contributed by atoms with van der Waals surface area (Å²) in [4.78, 5) is 20.3. The summed E-state index contributed by atoms with van der Waals surface area (Å²) >= 11 is 2.30. The number of carbonyl (C=O) groups is 2. The molecule has 0 aromatic heterocycles. The van der Waals surface area contributed by atoms with Crippen LogP contribution in [0.25, 0.3) is 0 Å². The van der Waals surface area contributed by atoms with Crippen molar-refractivity contribution in [3.05, 3.63) is 0 Å². The first-order valence-electron chi connectivity index (χ1n) is 2.32. The number of rotatable bonds is 3. The predicted molar refractivity (Wildman–Crippen MR) is 30.7 cm³/mol. The van der Waals surface area contributed by atoms with Crippen LogP contribution in [0.2, 0.25) is 0 Å². The zero-order chi connectivity index (χ0) is 6.57. The molecule has 1 radical (unpaired) electrons. The molecule has 45 valence electrons. The first kappa shape index (κ1) is 7.86. The van der Waals surface area contributed by atoms with Gasteiger partial charge in [0.15, 0.2) is 0 Å². The summed E-state index contributed by atoms with van der Waals surface area (Å²) in [6.45, 7) is 1.48. The van der Waals surface area contributed by atoms with E-state index in [1.807, 2.05) is 0 Å². The Kier molecular flexibility index (Phi) is 3.75. The van der Waals surface area contributed by atoms with Gasteiger partial charge < -0.3 is 0 Å². The summed E-state index contributed by atoms with van der Waals surface area (Å²) in [5, 5.41) is 0. The van der Waals surface area contributed by atoms with Gasteiger partial charge in [-0.05, 0) is 0 Å². The fraction of sp³-hybridized carbons (Fsp3) is 0.600. The van der Waals surface area contributed by atoms with Gasteiger partial charge in [0.05, 0.1) is 0 Å². The molecule has 0 spiro atoms. The maximum atomic E-state index is 10.2. The van der Waals surface area contributed by atoms with Gasteiger partial charge >= 0.3 is 55.8 Å². The second kappa shape index (κ2) is 3.81. The van der Waals surface area contributed by atoms with Crippen LogP contribution in [0, 0.1) is 0 Å². The Balaban J connectivity index is 3.18. The van der Waals surface area contributed by atoms with E-state index in [2.05, 4.69) is 16.0 Å². The van der Waals surface area contributed by atoms with Gasteiger partial charge in [0, 0.05) is 0 Å². The molecule has 0 saturated carbocycles. The molecule has 0 fully saturated rings. The number of ketones is 1. The fourth-order valence-electron chi connectivity index (χ4n) is 0.278. The van der Waals surface area contributed by atoms with E-state index in [0.29, 0.717) is 12.8 Å². The van der Waals surface area contributed by atoms with E-state index in [1.54, 1.807) is 0 Å².